The van der Waals surface area contributed by atoms with Crippen molar-refractivity contribution in [1.29, 1.82) is 0 Å². The highest BCUT2D eigenvalue weighted by Gasteiger charge is 2.36. The van der Waals surface area contributed by atoms with Gasteiger partial charge in [-0.1, -0.05) is 17.7 Å². The summed E-state index contributed by atoms with van der Waals surface area (Å²) in [5.41, 5.74) is 5.21. The number of benzene rings is 1. The summed E-state index contributed by atoms with van der Waals surface area (Å²) in [5.74, 6) is 0.716. The van der Waals surface area contributed by atoms with Crippen LogP contribution in [0.15, 0.2) is 36.5 Å². The molecule has 1 aromatic carbocycles. The zero-order valence-electron chi connectivity index (χ0n) is 15.2. The molecule has 3 aromatic heterocycles. The Morgan fingerprint density at radius 3 is 2.67 bits per heavy atom. The first kappa shape index (κ1) is 16.7. The topological polar surface area (TPSA) is 63.3 Å². The summed E-state index contributed by atoms with van der Waals surface area (Å²) < 4.78 is 2.01. The lowest BCUT2D eigenvalue weighted by atomic mass is 9.75. The van der Waals surface area contributed by atoms with Crippen molar-refractivity contribution < 1.29 is 5.11 Å². The molecule has 6 heteroatoms. The van der Waals surface area contributed by atoms with E-state index >= 15 is 0 Å². The van der Waals surface area contributed by atoms with Crippen LogP contribution in [0.4, 0.5) is 0 Å². The molecule has 3 heterocycles. The number of hydrogen-bond donors (Lipinski definition) is 1. The average Bonchev–Trinajstić information content (AvgIpc) is 3.07. The van der Waals surface area contributed by atoms with Gasteiger partial charge in [-0.15, -0.1) is 0 Å². The number of halogens is 1. The lowest BCUT2D eigenvalue weighted by Gasteiger charge is -2.37. The van der Waals surface area contributed by atoms with Crippen LogP contribution in [0.2, 0.25) is 5.02 Å². The fourth-order valence-electron chi connectivity index (χ4n) is 3.82. The maximum atomic E-state index is 10.8. The third-order valence-corrected chi connectivity index (χ3v) is 5.88. The van der Waals surface area contributed by atoms with E-state index in [-0.39, 0.29) is 0 Å². The van der Waals surface area contributed by atoms with Crippen LogP contribution < -0.4 is 0 Å². The first-order valence-electron chi connectivity index (χ1n) is 9.10. The SMILES string of the molecule is Cc1ccc2nc(C)c3cnc(-c4cc(C5(O)CCC5)ccc4Cl)n3c2n1. The van der Waals surface area contributed by atoms with E-state index in [1.165, 1.54) is 0 Å². The molecule has 0 spiro atoms. The summed E-state index contributed by atoms with van der Waals surface area (Å²) >= 11 is 6.55. The summed E-state index contributed by atoms with van der Waals surface area (Å²) in [6, 6.07) is 9.65. The van der Waals surface area contributed by atoms with Gasteiger partial charge in [-0.3, -0.25) is 4.40 Å². The van der Waals surface area contributed by atoms with Crippen LogP contribution in [0.1, 0.15) is 36.2 Å². The molecular formula is C21H19ClN4O. The molecule has 0 bridgehead atoms. The number of rotatable bonds is 2. The van der Waals surface area contributed by atoms with Crippen LogP contribution in [-0.4, -0.2) is 24.5 Å². The van der Waals surface area contributed by atoms with Crippen LogP contribution in [0.5, 0.6) is 0 Å². The monoisotopic (exact) mass is 378 g/mol. The van der Waals surface area contributed by atoms with Crippen molar-refractivity contribution in [3.63, 3.8) is 0 Å². The van der Waals surface area contributed by atoms with E-state index in [0.29, 0.717) is 10.8 Å². The van der Waals surface area contributed by atoms with Crippen molar-refractivity contribution in [3.05, 3.63) is 58.5 Å². The molecule has 5 rings (SSSR count). The Bertz CT molecular complexity index is 1210. The summed E-state index contributed by atoms with van der Waals surface area (Å²) in [4.78, 5) is 14.0. The molecule has 0 aliphatic heterocycles. The molecular weight excluding hydrogens is 360 g/mol. The smallest absolute Gasteiger partial charge is 0.165 e. The molecule has 27 heavy (non-hydrogen) atoms. The van der Waals surface area contributed by atoms with E-state index in [2.05, 4.69) is 9.97 Å². The summed E-state index contributed by atoms with van der Waals surface area (Å²) in [6.07, 6.45) is 4.41. The van der Waals surface area contributed by atoms with Gasteiger partial charge in [-0.25, -0.2) is 15.0 Å². The van der Waals surface area contributed by atoms with Gasteiger partial charge >= 0.3 is 0 Å². The maximum Gasteiger partial charge on any atom is 0.165 e. The van der Waals surface area contributed by atoms with Gasteiger partial charge in [-0.05, 0) is 62.9 Å². The Morgan fingerprint density at radius 2 is 1.93 bits per heavy atom. The molecule has 0 unspecified atom stereocenters. The molecule has 1 aliphatic rings. The molecule has 0 atom stereocenters. The van der Waals surface area contributed by atoms with Crippen LogP contribution in [0.25, 0.3) is 28.1 Å². The number of imidazole rings is 1. The number of pyridine rings is 1. The number of aromatic nitrogens is 4. The Hall–Kier alpha value is -2.50. The van der Waals surface area contributed by atoms with Crippen LogP contribution in [-0.2, 0) is 5.60 Å². The predicted octanol–water partition coefficient (Wildman–Crippen LogP) is 4.59. The molecule has 1 saturated carbocycles. The minimum atomic E-state index is -0.749. The largest absolute Gasteiger partial charge is 0.385 e. The lowest BCUT2D eigenvalue weighted by molar-refractivity contribution is -0.0387. The first-order chi connectivity index (χ1) is 13.0. The van der Waals surface area contributed by atoms with E-state index in [4.69, 9.17) is 16.6 Å². The standard InChI is InChI=1S/C21H19ClN4O/c1-12-4-7-17-20(24-12)26-18(13(2)25-17)11-23-19(26)15-10-14(5-6-16(15)22)21(27)8-3-9-21/h4-7,10-11,27H,3,8-9H2,1-2H3. The molecule has 1 N–H and O–H groups in total. The van der Waals surface area contributed by atoms with Crippen molar-refractivity contribution >= 4 is 28.3 Å². The number of nitrogens with zero attached hydrogens (tertiary/aromatic N) is 4. The summed E-state index contributed by atoms with van der Waals surface area (Å²) in [6.45, 7) is 3.93. The molecule has 0 amide bonds. The maximum absolute atomic E-state index is 10.8. The number of aryl methyl sites for hydroxylation is 2. The van der Waals surface area contributed by atoms with Crippen molar-refractivity contribution in [3.8, 4) is 11.4 Å². The number of hydrogen-bond acceptors (Lipinski definition) is 4. The zero-order chi connectivity index (χ0) is 18.8. The summed E-state index contributed by atoms with van der Waals surface area (Å²) in [5, 5.41) is 11.4. The van der Waals surface area contributed by atoms with Gasteiger partial charge in [0.1, 0.15) is 11.3 Å². The normalized spacial score (nSPS) is 16.0. The second kappa shape index (κ2) is 5.75. The van der Waals surface area contributed by atoms with Crippen molar-refractivity contribution in [2.24, 2.45) is 0 Å². The zero-order valence-corrected chi connectivity index (χ0v) is 16.0. The van der Waals surface area contributed by atoms with Crippen LogP contribution in [0, 0.1) is 13.8 Å². The second-order valence-corrected chi connectivity index (χ2v) is 7.78. The van der Waals surface area contributed by atoms with E-state index < -0.39 is 5.60 Å². The van der Waals surface area contributed by atoms with E-state index in [9.17, 15) is 5.11 Å². The lowest BCUT2D eigenvalue weighted by Crippen LogP contribution is -2.33. The minimum Gasteiger partial charge on any atom is -0.385 e. The third-order valence-electron chi connectivity index (χ3n) is 5.55. The minimum absolute atomic E-state index is 0.601. The fraction of sp³-hybridized carbons (Fsp3) is 0.286. The Labute approximate surface area is 161 Å². The van der Waals surface area contributed by atoms with Crippen molar-refractivity contribution in [2.75, 3.05) is 0 Å². The molecule has 5 nitrogen and oxygen atoms in total. The van der Waals surface area contributed by atoms with E-state index in [0.717, 1.165) is 58.5 Å². The van der Waals surface area contributed by atoms with Crippen LogP contribution >= 0.6 is 11.6 Å². The molecule has 4 aromatic rings. The van der Waals surface area contributed by atoms with E-state index in [1.807, 2.05) is 54.8 Å². The number of fused-ring (bicyclic) bond motifs is 3. The third kappa shape index (κ3) is 2.46. The van der Waals surface area contributed by atoms with Gasteiger partial charge in [0.15, 0.2) is 5.65 Å². The average molecular weight is 379 g/mol. The van der Waals surface area contributed by atoms with Gasteiger partial charge in [0.25, 0.3) is 0 Å². The van der Waals surface area contributed by atoms with Gasteiger partial charge < -0.3 is 5.11 Å². The first-order valence-corrected chi connectivity index (χ1v) is 9.48. The van der Waals surface area contributed by atoms with Gasteiger partial charge in [0.2, 0.25) is 0 Å². The molecule has 0 saturated heterocycles. The fourth-order valence-corrected chi connectivity index (χ4v) is 4.03. The second-order valence-electron chi connectivity index (χ2n) is 7.37. The van der Waals surface area contributed by atoms with Crippen molar-refractivity contribution in [2.45, 2.75) is 38.7 Å². The molecule has 1 fully saturated rings. The van der Waals surface area contributed by atoms with Gasteiger partial charge in [0.05, 0.1) is 28.0 Å². The van der Waals surface area contributed by atoms with Crippen LogP contribution in [0.3, 0.4) is 0 Å². The summed E-state index contributed by atoms with van der Waals surface area (Å²) in [7, 11) is 0. The highest BCUT2D eigenvalue weighted by molar-refractivity contribution is 6.33. The molecule has 0 radical (unpaired) electrons. The Morgan fingerprint density at radius 1 is 1.11 bits per heavy atom. The Kier molecular flexibility index (Phi) is 3.55. The van der Waals surface area contributed by atoms with Gasteiger partial charge in [-0.2, -0.15) is 0 Å². The van der Waals surface area contributed by atoms with E-state index in [1.54, 1.807) is 0 Å². The quantitative estimate of drug-likeness (QED) is 0.554. The highest BCUT2D eigenvalue weighted by atomic mass is 35.5. The van der Waals surface area contributed by atoms with Crippen molar-refractivity contribution in [1.82, 2.24) is 19.4 Å². The Balaban J connectivity index is 1.82. The molecule has 1 aliphatic carbocycles. The predicted molar refractivity (Wildman–Crippen MR) is 106 cm³/mol. The van der Waals surface area contributed by atoms with Gasteiger partial charge in [0, 0.05) is 11.3 Å². The highest BCUT2D eigenvalue weighted by Crippen LogP contribution is 2.43. The molecule has 136 valence electrons. The number of aliphatic hydroxyl groups is 1.